The highest BCUT2D eigenvalue weighted by Gasteiger charge is 2.02. The first-order chi connectivity index (χ1) is 12.8. The molecular weight excluding hydrogens is 328 g/mol. The van der Waals surface area contributed by atoms with Gasteiger partial charge in [0.15, 0.2) is 6.61 Å². The lowest BCUT2D eigenvalue weighted by molar-refractivity contribution is -0.123. The van der Waals surface area contributed by atoms with E-state index >= 15 is 0 Å². The minimum atomic E-state index is -0.334. The number of hydrogen-bond acceptors (Lipinski definition) is 4. The molecule has 0 unspecified atom stereocenters. The number of carbonyl (C=O) groups excluding carboxylic acids is 1. The molecule has 3 aromatic rings. The smallest absolute Gasteiger partial charge is 0.277 e. The summed E-state index contributed by atoms with van der Waals surface area (Å²) in [6, 6.07) is 21.3. The highest BCUT2D eigenvalue weighted by molar-refractivity contribution is 5.81. The van der Waals surface area contributed by atoms with E-state index in [0.717, 1.165) is 11.1 Å². The molecular formula is C21H18N2O3. The number of nitrogens with one attached hydrogen (secondary N) is 1. The van der Waals surface area contributed by atoms with Crippen LogP contribution in [0.2, 0.25) is 0 Å². The molecule has 0 spiro atoms. The van der Waals surface area contributed by atoms with Crippen LogP contribution in [0.5, 0.6) is 5.75 Å². The van der Waals surface area contributed by atoms with Crippen molar-refractivity contribution in [3.05, 3.63) is 84.8 Å². The van der Waals surface area contributed by atoms with Crippen LogP contribution in [0, 0.1) is 0 Å². The number of hydrogen-bond donors (Lipinski definition) is 1. The molecule has 1 amide bonds. The third-order valence-corrected chi connectivity index (χ3v) is 3.48. The standard InChI is InChI=1S/C21H18N2O3/c24-21(23-22-14-4-8-19-9-5-15-25-19)16-26-20-12-10-18(11-13-20)17-6-2-1-3-7-17/h1-15H,16H2,(H,23,24)/b8-4-,22-14+. The van der Waals surface area contributed by atoms with Gasteiger partial charge in [0, 0.05) is 6.21 Å². The minimum absolute atomic E-state index is 0.107. The third kappa shape index (κ3) is 5.21. The molecule has 0 fully saturated rings. The monoisotopic (exact) mass is 346 g/mol. The fraction of sp³-hybridized carbons (Fsp3) is 0.0476. The molecule has 0 aliphatic carbocycles. The Bertz CT molecular complexity index is 867. The fourth-order valence-electron chi connectivity index (χ4n) is 2.23. The van der Waals surface area contributed by atoms with E-state index in [2.05, 4.69) is 10.5 Å². The zero-order valence-corrected chi connectivity index (χ0v) is 14.0. The van der Waals surface area contributed by atoms with Crippen LogP contribution in [0.15, 0.2) is 88.6 Å². The molecule has 0 saturated carbocycles. The quantitative estimate of drug-likeness (QED) is 0.516. The Labute approximate surface area is 151 Å². The van der Waals surface area contributed by atoms with E-state index in [4.69, 9.17) is 9.15 Å². The third-order valence-electron chi connectivity index (χ3n) is 3.48. The largest absolute Gasteiger partial charge is 0.484 e. The van der Waals surface area contributed by atoms with Gasteiger partial charge in [0.2, 0.25) is 0 Å². The molecule has 2 aromatic carbocycles. The average Bonchev–Trinajstić information content (AvgIpc) is 3.21. The van der Waals surface area contributed by atoms with Crippen LogP contribution >= 0.6 is 0 Å². The lowest BCUT2D eigenvalue weighted by Gasteiger charge is -2.06. The first kappa shape index (κ1) is 17.2. The van der Waals surface area contributed by atoms with Gasteiger partial charge in [-0.05, 0) is 47.5 Å². The van der Waals surface area contributed by atoms with E-state index in [1.54, 1.807) is 24.5 Å². The minimum Gasteiger partial charge on any atom is -0.484 e. The summed E-state index contributed by atoms with van der Waals surface area (Å²) in [5.41, 5.74) is 4.62. The van der Waals surface area contributed by atoms with Crippen molar-refractivity contribution in [2.24, 2.45) is 5.10 Å². The van der Waals surface area contributed by atoms with E-state index in [0.29, 0.717) is 11.5 Å². The van der Waals surface area contributed by atoms with Gasteiger partial charge < -0.3 is 9.15 Å². The second kappa shape index (κ2) is 9.03. The van der Waals surface area contributed by atoms with Crippen molar-refractivity contribution in [2.45, 2.75) is 0 Å². The second-order valence-corrected chi connectivity index (χ2v) is 5.37. The Balaban J connectivity index is 1.43. The highest BCUT2D eigenvalue weighted by atomic mass is 16.5. The van der Waals surface area contributed by atoms with Crippen molar-refractivity contribution in [3.63, 3.8) is 0 Å². The molecule has 5 heteroatoms. The van der Waals surface area contributed by atoms with Crippen LogP contribution in [0.1, 0.15) is 5.76 Å². The van der Waals surface area contributed by atoms with Crippen LogP contribution in [0.25, 0.3) is 17.2 Å². The molecule has 0 bridgehead atoms. The predicted molar refractivity (Wildman–Crippen MR) is 102 cm³/mol. The zero-order chi connectivity index (χ0) is 18.0. The van der Waals surface area contributed by atoms with Gasteiger partial charge in [0.1, 0.15) is 11.5 Å². The van der Waals surface area contributed by atoms with Crippen molar-refractivity contribution in [3.8, 4) is 16.9 Å². The Kier molecular flexibility index (Phi) is 5.99. The number of furan rings is 1. The summed E-state index contributed by atoms with van der Waals surface area (Å²) < 4.78 is 10.6. The van der Waals surface area contributed by atoms with Crippen LogP contribution < -0.4 is 10.2 Å². The Hall–Kier alpha value is -3.60. The summed E-state index contributed by atoms with van der Waals surface area (Å²) in [5, 5.41) is 3.80. The SMILES string of the molecule is O=C(COc1ccc(-c2ccccc2)cc1)N/N=C/C=C\c1ccco1. The van der Waals surface area contributed by atoms with Crippen molar-refractivity contribution >= 4 is 18.2 Å². The summed E-state index contributed by atoms with van der Waals surface area (Å²) in [4.78, 5) is 11.7. The zero-order valence-electron chi connectivity index (χ0n) is 14.0. The number of hydrazone groups is 1. The Morgan fingerprint density at radius 3 is 2.50 bits per heavy atom. The molecule has 0 aliphatic heterocycles. The van der Waals surface area contributed by atoms with Gasteiger partial charge >= 0.3 is 0 Å². The van der Waals surface area contributed by atoms with Gasteiger partial charge in [-0.3, -0.25) is 4.79 Å². The van der Waals surface area contributed by atoms with Gasteiger partial charge in [0.25, 0.3) is 5.91 Å². The summed E-state index contributed by atoms with van der Waals surface area (Å²) in [6.45, 7) is -0.107. The molecule has 1 N–H and O–H groups in total. The number of carbonyl (C=O) groups is 1. The summed E-state index contributed by atoms with van der Waals surface area (Å²) >= 11 is 0. The van der Waals surface area contributed by atoms with Gasteiger partial charge in [0.05, 0.1) is 6.26 Å². The maximum Gasteiger partial charge on any atom is 0.277 e. The molecule has 3 rings (SSSR count). The van der Waals surface area contributed by atoms with Crippen molar-refractivity contribution in [1.29, 1.82) is 0 Å². The van der Waals surface area contributed by atoms with Gasteiger partial charge in [-0.2, -0.15) is 5.10 Å². The molecule has 26 heavy (non-hydrogen) atoms. The lowest BCUT2D eigenvalue weighted by Crippen LogP contribution is -2.24. The Morgan fingerprint density at radius 1 is 1.00 bits per heavy atom. The summed E-state index contributed by atoms with van der Waals surface area (Å²) in [5.74, 6) is 1.01. The molecule has 0 atom stereocenters. The Morgan fingerprint density at radius 2 is 1.77 bits per heavy atom. The van der Waals surface area contributed by atoms with E-state index in [1.165, 1.54) is 6.21 Å². The van der Waals surface area contributed by atoms with E-state index in [-0.39, 0.29) is 12.5 Å². The number of nitrogens with zero attached hydrogens (tertiary/aromatic N) is 1. The van der Waals surface area contributed by atoms with E-state index in [1.807, 2.05) is 60.7 Å². The van der Waals surface area contributed by atoms with Crippen LogP contribution in [-0.2, 0) is 4.79 Å². The van der Waals surface area contributed by atoms with Crippen molar-refractivity contribution in [1.82, 2.24) is 5.43 Å². The number of ether oxygens (including phenoxy) is 1. The number of amides is 1. The van der Waals surface area contributed by atoms with Gasteiger partial charge in [-0.25, -0.2) is 5.43 Å². The molecule has 0 aliphatic rings. The average molecular weight is 346 g/mol. The number of allylic oxidation sites excluding steroid dienone is 1. The van der Waals surface area contributed by atoms with Crippen molar-refractivity contribution in [2.75, 3.05) is 6.61 Å². The number of benzene rings is 2. The summed E-state index contributed by atoms with van der Waals surface area (Å²) in [6.07, 6.45) is 6.46. The van der Waals surface area contributed by atoms with E-state index in [9.17, 15) is 4.79 Å². The van der Waals surface area contributed by atoms with Crippen LogP contribution in [0.3, 0.4) is 0 Å². The molecule has 1 heterocycles. The molecule has 1 aromatic heterocycles. The first-order valence-electron chi connectivity index (χ1n) is 8.11. The lowest BCUT2D eigenvalue weighted by atomic mass is 10.1. The van der Waals surface area contributed by atoms with Crippen LogP contribution in [0.4, 0.5) is 0 Å². The highest BCUT2D eigenvalue weighted by Crippen LogP contribution is 2.21. The van der Waals surface area contributed by atoms with Crippen LogP contribution in [-0.4, -0.2) is 18.7 Å². The summed E-state index contributed by atoms with van der Waals surface area (Å²) in [7, 11) is 0. The second-order valence-electron chi connectivity index (χ2n) is 5.37. The van der Waals surface area contributed by atoms with Crippen molar-refractivity contribution < 1.29 is 13.9 Å². The van der Waals surface area contributed by atoms with Gasteiger partial charge in [-0.1, -0.05) is 42.5 Å². The number of rotatable bonds is 7. The topological polar surface area (TPSA) is 63.8 Å². The molecule has 5 nitrogen and oxygen atoms in total. The first-order valence-corrected chi connectivity index (χ1v) is 8.11. The predicted octanol–water partition coefficient (Wildman–Crippen LogP) is 4.14. The normalized spacial score (nSPS) is 11.1. The molecule has 0 saturated heterocycles. The van der Waals surface area contributed by atoms with Gasteiger partial charge in [-0.15, -0.1) is 0 Å². The molecule has 0 radical (unpaired) electrons. The maximum absolute atomic E-state index is 11.7. The maximum atomic E-state index is 11.7. The molecule has 130 valence electrons. The van der Waals surface area contributed by atoms with E-state index < -0.39 is 0 Å². The fourth-order valence-corrected chi connectivity index (χ4v) is 2.23.